The number of nitrogens with zero attached hydrogens (tertiary/aromatic N) is 8. The van der Waals surface area contributed by atoms with Crippen molar-refractivity contribution in [1.82, 2.24) is 0 Å². The highest BCUT2D eigenvalue weighted by atomic mass is 16.3. The molecule has 0 amide bonds. The minimum absolute atomic E-state index is 0.173. The largest absolute Gasteiger partial charge is 0.456 e. The standard InChI is InChI=1S/4C25H25N2O/c1-14(2)18-11-17(5)27(7)21(12-18)24-16(4)10-15(3)23-20-9-8-19(26-6)13-22(20)28-25(23)24;1-14(2)18-11-17(5)27(7)21(12-18)24-15(3)8-9-20-23-16(4)10-19(26-6)13-22(23)28-25(20)24;1-14(2)18-11-17(5)27(7)22(12-18)24-15(3)8-9-19-20-10-16(4)21(26-6)13-23(20)28-25(19)24;1-14(2)18-12-16(4)27(7)22(13-18)23-15(3)8-9-20-19-10-11-21(26-6)17(5)24(19)28-25(20)23/h4*8-14H,1-5,7H3/q4*+1/i3*11D,12D,14D;12D,13D,14D. The summed E-state index contributed by atoms with van der Waals surface area (Å²) in [4.78, 5) is 14.2. The van der Waals surface area contributed by atoms with Crippen molar-refractivity contribution >= 4 is 111 Å². The number of aromatic nitrogens is 4. The molecule has 16 rings (SSSR count). The molecular formula is C100H100N8O4+4. The topological polar surface area (TPSA) is 85.5 Å². The van der Waals surface area contributed by atoms with E-state index in [4.69, 9.17) is 60.4 Å². The van der Waals surface area contributed by atoms with Crippen LogP contribution in [0.25, 0.3) is 152 Å². The van der Waals surface area contributed by atoms with Crippen molar-refractivity contribution in [2.45, 2.75) is 162 Å². The Morgan fingerprint density at radius 3 is 1.12 bits per heavy atom. The van der Waals surface area contributed by atoms with E-state index < -0.39 is 23.6 Å². The van der Waals surface area contributed by atoms with Crippen LogP contribution in [0, 0.1) is 109 Å². The maximum atomic E-state index is 9.00. The number of hydrogen-bond acceptors (Lipinski definition) is 4. The summed E-state index contributed by atoms with van der Waals surface area (Å²) in [7, 11) is 7.41. The smallest absolute Gasteiger partial charge is 0.216 e. The van der Waals surface area contributed by atoms with Gasteiger partial charge in [-0.1, -0.05) is 134 Å². The van der Waals surface area contributed by atoms with Crippen LogP contribution in [0.4, 0.5) is 22.7 Å². The van der Waals surface area contributed by atoms with Gasteiger partial charge in [0.05, 0.1) is 59.5 Å². The predicted molar refractivity (Wildman–Crippen MR) is 460 cm³/mol. The van der Waals surface area contributed by atoms with Gasteiger partial charge in [0.15, 0.2) is 45.5 Å². The Morgan fingerprint density at radius 2 is 0.670 bits per heavy atom. The summed E-state index contributed by atoms with van der Waals surface area (Å²) in [6, 6.07) is 32.3. The Labute approximate surface area is 675 Å². The van der Waals surface area contributed by atoms with Gasteiger partial charge in [-0.3, -0.25) is 0 Å². The quantitative estimate of drug-likeness (QED) is 0.112. The predicted octanol–water partition coefficient (Wildman–Crippen LogP) is 26.7. The van der Waals surface area contributed by atoms with Gasteiger partial charge >= 0.3 is 0 Å². The lowest BCUT2D eigenvalue weighted by molar-refractivity contribution is -0.666. The first-order valence-corrected chi connectivity index (χ1v) is 37.3. The Kier molecular flexibility index (Phi) is 17.2. The molecule has 0 unspecified atom stereocenters. The fourth-order valence-corrected chi connectivity index (χ4v) is 14.9. The summed E-state index contributed by atoms with van der Waals surface area (Å²) < 4.78 is 137. The number of benzene rings is 8. The van der Waals surface area contributed by atoms with Crippen LogP contribution in [0.1, 0.15) is 185 Å². The van der Waals surface area contributed by atoms with Gasteiger partial charge in [-0.05, 0) is 164 Å². The first-order valence-electron chi connectivity index (χ1n) is 43.3. The van der Waals surface area contributed by atoms with Crippen LogP contribution >= 0.6 is 0 Å². The van der Waals surface area contributed by atoms with Gasteiger partial charge in [-0.25, -0.2) is 19.4 Å². The second-order valence-electron chi connectivity index (χ2n) is 30.4. The van der Waals surface area contributed by atoms with Crippen molar-refractivity contribution in [2.24, 2.45) is 28.2 Å². The molecule has 0 radical (unpaired) electrons. The maximum absolute atomic E-state index is 9.00. The first kappa shape index (κ1) is 63.3. The molecule has 560 valence electrons. The zero-order valence-electron chi connectivity index (χ0n) is 80.4. The van der Waals surface area contributed by atoms with Gasteiger partial charge in [0.2, 0.25) is 22.8 Å². The molecule has 0 saturated carbocycles. The lowest BCUT2D eigenvalue weighted by atomic mass is 9.94. The average Bonchev–Trinajstić information content (AvgIpc) is 1.49. The number of hydrogen-bond donors (Lipinski definition) is 0. The summed E-state index contributed by atoms with van der Waals surface area (Å²) in [5.74, 6) is -4.34. The van der Waals surface area contributed by atoms with Crippen LogP contribution in [-0.4, -0.2) is 0 Å². The van der Waals surface area contributed by atoms with Crippen LogP contribution < -0.4 is 18.3 Å². The Balaban J connectivity index is 0.000000142. The molecule has 0 aliphatic rings. The molecule has 0 N–H and O–H groups in total. The van der Waals surface area contributed by atoms with E-state index in [1.165, 1.54) is 0 Å². The van der Waals surface area contributed by atoms with E-state index in [0.29, 0.717) is 135 Å². The van der Waals surface area contributed by atoms with Gasteiger partial charge in [0.1, 0.15) is 72.9 Å². The van der Waals surface area contributed by atoms with Crippen molar-refractivity contribution < 1.29 is 52.4 Å². The zero-order chi connectivity index (χ0) is 91.3. The molecule has 0 atom stereocenters. The van der Waals surface area contributed by atoms with Crippen molar-refractivity contribution in [2.75, 3.05) is 0 Å². The van der Waals surface area contributed by atoms with Gasteiger partial charge in [0, 0.05) is 125 Å². The molecule has 12 heteroatoms. The molecule has 8 aromatic carbocycles. The fourth-order valence-electron chi connectivity index (χ4n) is 14.9. The van der Waals surface area contributed by atoms with Crippen molar-refractivity contribution in [3.63, 3.8) is 0 Å². The monoisotopic (exact) mass is 1490 g/mol. The Bertz CT molecular complexity index is 7400. The molecule has 0 bridgehead atoms. The summed E-state index contributed by atoms with van der Waals surface area (Å²) in [5.41, 5.74) is 25.0. The summed E-state index contributed by atoms with van der Waals surface area (Å²) in [6.45, 7) is 66.3. The van der Waals surface area contributed by atoms with Crippen LogP contribution in [0.5, 0.6) is 0 Å². The fraction of sp³-hybridized carbons (Fsp3) is 0.280. The number of pyridine rings is 4. The van der Waals surface area contributed by atoms with E-state index in [9.17, 15) is 0 Å². The van der Waals surface area contributed by atoms with Crippen molar-refractivity contribution in [1.29, 1.82) is 0 Å². The van der Waals surface area contributed by atoms with Crippen LogP contribution in [0.2, 0.25) is 0 Å². The number of furan rings is 4. The van der Waals surface area contributed by atoms with E-state index in [0.717, 1.165) is 110 Å². The lowest BCUT2D eigenvalue weighted by Gasteiger charge is -2.12. The summed E-state index contributed by atoms with van der Waals surface area (Å²) in [5, 5.41) is 7.52. The van der Waals surface area contributed by atoms with Crippen LogP contribution in [0.3, 0.4) is 0 Å². The van der Waals surface area contributed by atoms with Gasteiger partial charge in [-0.2, -0.15) is 18.3 Å². The minimum atomic E-state index is -1.09. The van der Waals surface area contributed by atoms with E-state index in [-0.39, 0.29) is 48.3 Å². The van der Waals surface area contributed by atoms with E-state index in [1.807, 2.05) is 196 Å². The highest BCUT2D eigenvalue weighted by molar-refractivity contribution is 6.15. The van der Waals surface area contributed by atoms with Gasteiger partial charge < -0.3 is 17.7 Å². The molecule has 0 fully saturated rings. The lowest BCUT2D eigenvalue weighted by Crippen LogP contribution is -2.35. The second kappa shape index (κ2) is 30.4. The Hall–Kier alpha value is -12.5. The average molecular weight is 1490 g/mol. The van der Waals surface area contributed by atoms with Crippen molar-refractivity contribution in [3.05, 3.63) is 281 Å². The molecule has 0 spiro atoms. The van der Waals surface area contributed by atoms with Crippen LogP contribution in [-0.2, 0) is 28.2 Å². The molecule has 8 aromatic heterocycles. The molecule has 0 aliphatic carbocycles. The Morgan fingerprint density at radius 1 is 0.304 bits per heavy atom. The SMILES string of the molecule is [2H]c1c(C([2H])(C)C)c([2H])c(-c2c(C)cc(C)c3c2oc2cc([N+]#[C-])ccc23)[n+](C)c1C.[2H]c1c(C([2H])(C)C)c([2H])c(-c2c(C)ccc3c2oc2c(C)c([N+]#[C-])ccc23)[n+](C)c1C.[2H]c1c(C([2H])(C)C)c([2H])c(-c2c(C)ccc3c2oc2cc([N+]#[C-])c(C)cc23)[n+](C)c1C.[2H]c1c(C([2H])(C)C)c([2H])c(-c2c(C)ccc3c2oc2cc([N+]#[C-])cc(C)c23)[n+](C)c1C. The van der Waals surface area contributed by atoms with Gasteiger partial charge in [0.25, 0.3) is 0 Å². The van der Waals surface area contributed by atoms with E-state index in [2.05, 4.69) is 25.4 Å². The normalized spacial score (nSPS) is 13.4. The van der Waals surface area contributed by atoms with Gasteiger partial charge in [-0.15, -0.1) is 0 Å². The third kappa shape index (κ3) is 13.8. The highest BCUT2D eigenvalue weighted by Gasteiger charge is 2.30. The highest BCUT2D eigenvalue weighted by Crippen LogP contribution is 2.46. The molecule has 0 saturated heterocycles. The molecule has 12 nitrogen and oxygen atoms in total. The molecule has 0 aliphatic heterocycles. The molecule has 16 aromatic rings. The minimum Gasteiger partial charge on any atom is -0.456 e. The third-order valence-electron chi connectivity index (χ3n) is 21.7. The summed E-state index contributed by atoms with van der Waals surface area (Å²) >= 11 is 0. The number of aryl methyl sites for hydroxylation is 8. The number of rotatable bonds is 8. The summed E-state index contributed by atoms with van der Waals surface area (Å²) in [6.07, 6.45) is 0. The zero-order valence-corrected chi connectivity index (χ0v) is 68.4. The molecule has 112 heavy (non-hydrogen) atoms. The third-order valence-corrected chi connectivity index (χ3v) is 21.7. The maximum Gasteiger partial charge on any atom is 0.216 e. The van der Waals surface area contributed by atoms with Crippen molar-refractivity contribution in [3.8, 4) is 45.0 Å². The molecule has 8 heterocycles. The van der Waals surface area contributed by atoms with E-state index >= 15 is 0 Å². The number of fused-ring (bicyclic) bond motifs is 12. The van der Waals surface area contributed by atoms with E-state index in [1.54, 1.807) is 79.7 Å². The first-order chi connectivity index (χ1) is 57.9. The second-order valence-corrected chi connectivity index (χ2v) is 30.4. The molecular weight excluding hydrogens is 1380 g/mol. The van der Waals surface area contributed by atoms with Crippen LogP contribution in [0.15, 0.2) is 163 Å².